The zero-order valence-electron chi connectivity index (χ0n) is 15.9. The molecule has 6 nitrogen and oxygen atoms in total. The van der Waals surface area contributed by atoms with Crippen molar-refractivity contribution in [3.05, 3.63) is 46.1 Å². The van der Waals surface area contributed by atoms with Crippen molar-refractivity contribution in [2.75, 3.05) is 32.7 Å². The Hall–Kier alpha value is -2.10. The van der Waals surface area contributed by atoms with Gasteiger partial charge in [-0.1, -0.05) is 31.3 Å². The van der Waals surface area contributed by atoms with Gasteiger partial charge in [0.05, 0.1) is 10.9 Å². The van der Waals surface area contributed by atoms with E-state index in [1.807, 2.05) is 6.92 Å². The quantitative estimate of drug-likeness (QED) is 0.705. The van der Waals surface area contributed by atoms with E-state index in [9.17, 15) is 13.9 Å². The molecule has 0 radical (unpaired) electrons. The maximum absolute atomic E-state index is 14.0. The van der Waals surface area contributed by atoms with E-state index in [1.54, 1.807) is 6.07 Å². The summed E-state index contributed by atoms with van der Waals surface area (Å²) in [6.07, 6.45) is 0.675. The van der Waals surface area contributed by atoms with Crippen LogP contribution in [0.15, 0.2) is 18.2 Å². The number of nitrogens with zero attached hydrogens (tertiary/aromatic N) is 5. The lowest BCUT2D eigenvalue weighted by Crippen LogP contribution is -2.47. The van der Waals surface area contributed by atoms with Crippen LogP contribution >= 0.6 is 11.3 Å². The van der Waals surface area contributed by atoms with Crippen LogP contribution in [0.5, 0.6) is 5.88 Å². The highest BCUT2D eigenvalue weighted by atomic mass is 32.1. The van der Waals surface area contributed by atoms with Gasteiger partial charge in [-0.2, -0.15) is 4.52 Å². The predicted octanol–water partition coefficient (Wildman–Crippen LogP) is 3.06. The van der Waals surface area contributed by atoms with Crippen LogP contribution in [0.4, 0.5) is 8.78 Å². The van der Waals surface area contributed by atoms with Crippen molar-refractivity contribution in [2.45, 2.75) is 26.3 Å². The Kier molecular flexibility index (Phi) is 5.31. The number of likely N-dealkylation sites (N-methyl/N-ethyl adjacent to an activating group) is 1. The molecule has 0 bridgehead atoms. The Morgan fingerprint density at radius 2 is 1.89 bits per heavy atom. The second kappa shape index (κ2) is 7.73. The Balaban J connectivity index is 1.77. The van der Waals surface area contributed by atoms with Crippen LogP contribution in [0.25, 0.3) is 4.96 Å². The third-order valence-electron chi connectivity index (χ3n) is 5.29. The highest BCUT2D eigenvalue weighted by Crippen LogP contribution is 2.40. The first-order valence-electron chi connectivity index (χ1n) is 9.50. The number of aromatic hydroxyl groups is 1. The SMILES string of the molecule is CCc1nc2sc([C@@H](c3ccc(F)c(F)c3)N3CCN(CC)CC3)c(O)n2n1. The van der Waals surface area contributed by atoms with Crippen LogP contribution in [-0.2, 0) is 6.42 Å². The van der Waals surface area contributed by atoms with Gasteiger partial charge in [0.15, 0.2) is 17.5 Å². The smallest absolute Gasteiger partial charge is 0.230 e. The summed E-state index contributed by atoms with van der Waals surface area (Å²) in [7, 11) is 0. The number of aromatic nitrogens is 3. The zero-order valence-corrected chi connectivity index (χ0v) is 16.7. The zero-order chi connectivity index (χ0) is 19.8. The molecule has 0 unspecified atom stereocenters. The molecule has 0 spiro atoms. The summed E-state index contributed by atoms with van der Waals surface area (Å²) in [4.78, 5) is 10.2. The Morgan fingerprint density at radius 1 is 1.14 bits per heavy atom. The molecular formula is C19H23F2N5OS. The molecule has 1 N–H and O–H groups in total. The number of rotatable bonds is 5. The van der Waals surface area contributed by atoms with Gasteiger partial charge in [-0.15, -0.1) is 5.10 Å². The van der Waals surface area contributed by atoms with Gasteiger partial charge in [-0.25, -0.2) is 13.8 Å². The lowest BCUT2D eigenvalue weighted by molar-refractivity contribution is 0.113. The highest BCUT2D eigenvalue weighted by Gasteiger charge is 2.32. The Labute approximate surface area is 166 Å². The monoisotopic (exact) mass is 407 g/mol. The lowest BCUT2D eigenvalue weighted by atomic mass is 10.0. The van der Waals surface area contributed by atoms with E-state index in [2.05, 4.69) is 26.8 Å². The van der Waals surface area contributed by atoms with Crippen LogP contribution in [0.3, 0.4) is 0 Å². The van der Waals surface area contributed by atoms with E-state index >= 15 is 0 Å². The molecule has 3 heterocycles. The van der Waals surface area contributed by atoms with Crippen molar-refractivity contribution in [1.82, 2.24) is 24.4 Å². The molecule has 2 aromatic heterocycles. The molecule has 1 aromatic carbocycles. The number of thiazole rings is 1. The van der Waals surface area contributed by atoms with Crippen LogP contribution in [0, 0.1) is 11.6 Å². The summed E-state index contributed by atoms with van der Waals surface area (Å²) in [6, 6.07) is 3.57. The number of benzene rings is 1. The summed E-state index contributed by atoms with van der Waals surface area (Å²) >= 11 is 1.34. The van der Waals surface area contributed by atoms with Crippen molar-refractivity contribution < 1.29 is 13.9 Å². The molecule has 0 amide bonds. The van der Waals surface area contributed by atoms with Gasteiger partial charge in [-0.05, 0) is 24.2 Å². The summed E-state index contributed by atoms with van der Waals surface area (Å²) in [6.45, 7) is 8.37. The molecule has 1 fully saturated rings. The molecule has 9 heteroatoms. The molecule has 1 atom stereocenters. The van der Waals surface area contributed by atoms with Crippen molar-refractivity contribution in [3.8, 4) is 5.88 Å². The van der Waals surface area contributed by atoms with Crippen LogP contribution in [0.1, 0.15) is 36.2 Å². The van der Waals surface area contributed by atoms with Gasteiger partial charge >= 0.3 is 0 Å². The molecule has 0 aliphatic carbocycles. The van der Waals surface area contributed by atoms with Gasteiger partial charge < -0.3 is 10.0 Å². The summed E-state index contributed by atoms with van der Waals surface area (Å²) in [5.41, 5.74) is 0.611. The largest absolute Gasteiger partial charge is 0.492 e. The lowest BCUT2D eigenvalue weighted by Gasteiger charge is -2.38. The minimum Gasteiger partial charge on any atom is -0.492 e. The molecule has 3 aromatic rings. The fraction of sp³-hybridized carbons (Fsp3) is 0.474. The molecule has 150 valence electrons. The standard InChI is InChI=1S/C19H23F2N5OS/c1-3-15-22-19-26(23-15)18(27)17(28-19)16(12-5-6-13(20)14(21)11-12)25-9-7-24(4-2)8-10-25/h5-6,11,16,27H,3-4,7-10H2,1-2H3/t16-/m1/s1. The topological polar surface area (TPSA) is 56.9 Å². The third kappa shape index (κ3) is 3.38. The highest BCUT2D eigenvalue weighted by molar-refractivity contribution is 7.17. The number of hydrogen-bond donors (Lipinski definition) is 1. The molecule has 1 aliphatic rings. The minimum atomic E-state index is -0.887. The van der Waals surface area contributed by atoms with Gasteiger partial charge in [0.1, 0.15) is 0 Å². The Morgan fingerprint density at radius 3 is 2.50 bits per heavy atom. The first-order chi connectivity index (χ1) is 13.5. The fourth-order valence-corrected chi connectivity index (χ4v) is 4.80. The first kappa shape index (κ1) is 19.2. The van der Waals surface area contributed by atoms with Crippen molar-refractivity contribution in [3.63, 3.8) is 0 Å². The fourth-order valence-electron chi connectivity index (χ4n) is 3.67. The van der Waals surface area contributed by atoms with E-state index in [4.69, 9.17) is 0 Å². The minimum absolute atomic E-state index is 0.0138. The molecule has 0 saturated carbocycles. The first-order valence-corrected chi connectivity index (χ1v) is 10.3. The van der Waals surface area contributed by atoms with Gasteiger partial charge in [0.2, 0.25) is 10.8 Å². The van der Waals surface area contributed by atoms with Crippen molar-refractivity contribution in [2.24, 2.45) is 0 Å². The maximum Gasteiger partial charge on any atom is 0.230 e. The number of halogens is 2. The van der Waals surface area contributed by atoms with Gasteiger partial charge in [-0.3, -0.25) is 4.90 Å². The summed E-state index contributed by atoms with van der Waals surface area (Å²) < 4.78 is 28.9. The normalized spacial score (nSPS) is 17.4. The molecule has 28 heavy (non-hydrogen) atoms. The van der Waals surface area contributed by atoms with Crippen LogP contribution in [-0.4, -0.2) is 62.2 Å². The van der Waals surface area contributed by atoms with E-state index in [-0.39, 0.29) is 11.9 Å². The average Bonchev–Trinajstić information content (AvgIpc) is 3.25. The van der Waals surface area contributed by atoms with Crippen molar-refractivity contribution in [1.29, 1.82) is 0 Å². The van der Waals surface area contributed by atoms with Gasteiger partial charge in [0, 0.05) is 32.6 Å². The Bertz CT molecular complexity index is 980. The van der Waals surface area contributed by atoms with Crippen molar-refractivity contribution >= 4 is 16.3 Å². The summed E-state index contributed by atoms with van der Waals surface area (Å²) in [5.74, 6) is -1.09. The number of aryl methyl sites for hydroxylation is 1. The van der Waals surface area contributed by atoms with Crippen LogP contribution in [0.2, 0.25) is 0 Å². The maximum atomic E-state index is 14.0. The number of fused-ring (bicyclic) bond motifs is 1. The molecule has 4 rings (SSSR count). The molecule has 1 aliphatic heterocycles. The number of hydrogen-bond acceptors (Lipinski definition) is 6. The molecule has 1 saturated heterocycles. The predicted molar refractivity (Wildman–Crippen MR) is 104 cm³/mol. The second-order valence-corrected chi connectivity index (χ2v) is 7.92. The van der Waals surface area contributed by atoms with E-state index in [0.717, 1.165) is 38.8 Å². The summed E-state index contributed by atoms with van der Waals surface area (Å²) in [5, 5.41) is 15.2. The second-order valence-electron chi connectivity index (χ2n) is 6.91. The average molecular weight is 407 g/mol. The van der Waals surface area contributed by atoms with E-state index < -0.39 is 11.6 Å². The third-order valence-corrected chi connectivity index (χ3v) is 6.36. The van der Waals surface area contributed by atoms with E-state index in [1.165, 1.54) is 21.9 Å². The van der Waals surface area contributed by atoms with E-state index in [0.29, 0.717) is 27.6 Å². The molecular weight excluding hydrogens is 384 g/mol. The van der Waals surface area contributed by atoms with Crippen LogP contribution < -0.4 is 0 Å². The number of piperazine rings is 1. The van der Waals surface area contributed by atoms with Gasteiger partial charge in [0.25, 0.3) is 0 Å².